The van der Waals surface area contributed by atoms with Gasteiger partial charge >= 0.3 is 0 Å². The van der Waals surface area contributed by atoms with Gasteiger partial charge in [-0.15, -0.1) is 0 Å². The van der Waals surface area contributed by atoms with Crippen molar-refractivity contribution in [3.05, 3.63) is 29.8 Å². The van der Waals surface area contributed by atoms with E-state index in [0.717, 1.165) is 35.2 Å². The number of quaternary nitrogens is 1. The van der Waals surface area contributed by atoms with Crippen LogP contribution in [0.1, 0.15) is 87.9 Å². The number of nitrogens with one attached hydrogen (secondary N) is 1. The molecule has 0 saturated carbocycles. The van der Waals surface area contributed by atoms with E-state index in [0.29, 0.717) is 0 Å². The van der Waals surface area contributed by atoms with E-state index in [1.54, 1.807) is 0 Å². The molecule has 172 valence electrons. The SMILES string of the molecule is CCCCCCCCCCCC[N+](C)(C)CCCNC(=O)c1ccccc1N(C)C. The molecule has 0 aromatic heterocycles. The van der Waals surface area contributed by atoms with E-state index in [4.69, 9.17) is 0 Å². The normalized spacial score (nSPS) is 11.5. The Morgan fingerprint density at radius 3 is 1.97 bits per heavy atom. The Bertz CT molecular complexity index is 583. The predicted octanol–water partition coefficient (Wildman–Crippen LogP) is 5.87. The molecule has 0 fully saturated rings. The summed E-state index contributed by atoms with van der Waals surface area (Å²) in [6.07, 6.45) is 14.9. The smallest absolute Gasteiger partial charge is 0.253 e. The lowest BCUT2D eigenvalue weighted by Gasteiger charge is -2.30. The molecule has 30 heavy (non-hydrogen) atoms. The minimum atomic E-state index is 0.0271. The molecule has 0 aliphatic rings. The molecule has 1 amide bonds. The van der Waals surface area contributed by atoms with E-state index >= 15 is 0 Å². The van der Waals surface area contributed by atoms with E-state index < -0.39 is 0 Å². The van der Waals surface area contributed by atoms with Crippen LogP contribution < -0.4 is 10.2 Å². The van der Waals surface area contributed by atoms with Crippen molar-refractivity contribution in [1.29, 1.82) is 0 Å². The lowest BCUT2D eigenvalue weighted by atomic mass is 10.1. The second-order valence-corrected chi connectivity index (χ2v) is 9.59. The molecule has 0 unspecified atom stereocenters. The van der Waals surface area contributed by atoms with E-state index in [2.05, 4.69) is 26.3 Å². The zero-order valence-electron chi connectivity index (χ0n) is 20.5. The third kappa shape index (κ3) is 11.6. The van der Waals surface area contributed by atoms with Gasteiger partial charge in [-0.25, -0.2) is 0 Å². The number of benzene rings is 1. The van der Waals surface area contributed by atoms with Gasteiger partial charge in [0.15, 0.2) is 0 Å². The van der Waals surface area contributed by atoms with Gasteiger partial charge in [-0.3, -0.25) is 4.79 Å². The molecule has 0 spiro atoms. The maximum absolute atomic E-state index is 12.5. The van der Waals surface area contributed by atoms with Crippen molar-refractivity contribution in [2.45, 2.75) is 77.6 Å². The summed E-state index contributed by atoms with van der Waals surface area (Å²) in [7, 11) is 8.58. The highest BCUT2D eigenvalue weighted by Crippen LogP contribution is 2.17. The number of unbranched alkanes of at least 4 members (excludes halogenated alkanes) is 9. The highest BCUT2D eigenvalue weighted by molar-refractivity contribution is 5.99. The lowest BCUT2D eigenvalue weighted by Crippen LogP contribution is -2.42. The molecular formula is C26H48N3O+. The molecule has 1 aromatic rings. The first-order chi connectivity index (χ1) is 14.4. The van der Waals surface area contributed by atoms with Crippen molar-refractivity contribution in [3.8, 4) is 0 Å². The second-order valence-electron chi connectivity index (χ2n) is 9.59. The predicted molar refractivity (Wildman–Crippen MR) is 131 cm³/mol. The number of amides is 1. The Morgan fingerprint density at radius 2 is 1.37 bits per heavy atom. The molecule has 0 radical (unpaired) electrons. The minimum Gasteiger partial charge on any atom is -0.377 e. The fraction of sp³-hybridized carbons (Fsp3) is 0.731. The van der Waals surface area contributed by atoms with Crippen LogP contribution in [0.4, 0.5) is 5.69 Å². The molecule has 0 bridgehead atoms. The Labute approximate surface area is 186 Å². The van der Waals surface area contributed by atoms with Crippen molar-refractivity contribution in [3.63, 3.8) is 0 Å². The molecule has 0 aliphatic heterocycles. The van der Waals surface area contributed by atoms with Gasteiger partial charge in [0.25, 0.3) is 5.91 Å². The van der Waals surface area contributed by atoms with Gasteiger partial charge in [0.1, 0.15) is 0 Å². The fourth-order valence-electron chi connectivity index (χ4n) is 4.00. The van der Waals surface area contributed by atoms with Gasteiger partial charge < -0.3 is 14.7 Å². The average Bonchev–Trinajstić information content (AvgIpc) is 2.72. The van der Waals surface area contributed by atoms with Gasteiger partial charge in [-0.05, 0) is 25.0 Å². The van der Waals surface area contributed by atoms with E-state index in [1.165, 1.54) is 70.8 Å². The summed E-state index contributed by atoms with van der Waals surface area (Å²) in [5, 5.41) is 3.10. The Morgan fingerprint density at radius 1 is 0.833 bits per heavy atom. The van der Waals surface area contributed by atoms with Crippen LogP contribution in [0.2, 0.25) is 0 Å². The van der Waals surface area contributed by atoms with E-state index in [1.807, 2.05) is 43.3 Å². The van der Waals surface area contributed by atoms with Crippen LogP contribution in [-0.2, 0) is 0 Å². The molecule has 0 aliphatic carbocycles. The van der Waals surface area contributed by atoms with Crippen LogP contribution >= 0.6 is 0 Å². The number of para-hydroxylation sites is 1. The average molecular weight is 419 g/mol. The maximum atomic E-state index is 12.5. The van der Waals surface area contributed by atoms with Gasteiger partial charge in [0.05, 0.1) is 32.7 Å². The zero-order valence-corrected chi connectivity index (χ0v) is 20.5. The Kier molecular flexibility index (Phi) is 13.5. The number of carbonyl (C=O) groups excluding carboxylic acids is 1. The third-order valence-corrected chi connectivity index (χ3v) is 5.97. The molecule has 4 nitrogen and oxygen atoms in total. The summed E-state index contributed by atoms with van der Waals surface area (Å²) in [6.45, 7) is 5.35. The maximum Gasteiger partial charge on any atom is 0.253 e. The molecule has 4 heteroatoms. The summed E-state index contributed by atoms with van der Waals surface area (Å²) < 4.78 is 1.04. The van der Waals surface area contributed by atoms with Crippen molar-refractivity contribution < 1.29 is 9.28 Å². The van der Waals surface area contributed by atoms with Crippen LogP contribution in [0.15, 0.2) is 24.3 Å². The number of anilines is 1. The quantitative estimate of drug-likeness (QED) is 0.253. The van der Waals surface area contributed by atoms with Crippen LogP contribution in [0.25, 0.3) is 0 Å². The number of hydrogen-bond donors (Lipinski definition) is 1. The van der Waals surface area contributed by atoms with Crippen LogP contribution in [0.5, 0.6) is 0 Å². The van der Waals surface area contributed by atoms with Gasteiger partial charge in [0.2, 0.25) is 0 Å². The van der Waals surface area contributed by atoms with Gasteiger partial charge in [-0.1, -0.05) is 70.4 Å². The number of rotatable bonds is 17. The first kappa shape index (κ1) is 26.5. The second kappa shape index (κ2) is 15.3. The standard InChI is InChI=1S/C26H47N3O/c1-6-7-8-9-10-11-12-13-14-17-22-29(4,5)23-18-21-27-26(30)24-19-15-16-20-25(24)28(2)3/h15-16,19-20H,6-14,17-18,21-23H2,1-5H3/p+1. The van der Waals surface area contributed by atoms with Crippen molar-refractivity contribution in [1.82, 2.24) is 5.32 Å². The topological polar surface area (TPSA) is 32.3 Å². The van der Waals surface area contributed by atoms with Crippen LogP contribution in [0, 0.1) is 0 Å². The summed E-state index contributed by atoms with van der Waals surface area (Å²) in [4.78, 5) is 14.5. The molecule has 0 atom stereocenters. The minimum absolute atomic E-state index is 0.0271. The Hall–Kier alpha value is -1.55. The third-order valence-electron chi connectivity index (χ3n) is 5.97. The largest absolute Gasteiger partial charge is 0.377 e. The van der Waals surface area contributed by atoms with Crippen LogP contribution in [0.3, 0.4) is 0 Å². The number of nitrogens with zero attached hydrogens (tertiary/aromatic N) is 2. The summed E-state index contributed by atoms with van der Waals surface area (Å²) in [6, 6.07) is 7.78. The molecular weight excluding hydrogens is 370 g/mol. The summed E-state index contributed by atoms with van der Waals surface area (Å²) in [5.74, 6) is 0.0271. The number of carbonyl (C=O) groups is 1. The van der Waals surface area contributed by atoms with E-state index in [-0.39, 0.29) is 5.91 Å². The fourth-order valence-corrected chi connectivity index (χ4v) is 4.00. The number of hydrogen-bond acceptors (Lipinski definition) is 2. The summed E-state index contributed by atoms with van der Waals surface area (Å²) >= 11 is 0. The van der Waals surface area contributed by atoms with Crippen molar-refractivity contribution in [2.75, 3.05) is 52.7 Å². The molecule has 1 N–H and O–H groups in total. The molecule has 1 aromatic carbocycles. The molecule has 0 saturated heterocycles. The first-order valence-corrected chi connectivity index (χ1v) is 12.2. The molecule has 0 heterocycles. The van der Waals surface area contributed by atoms with Gasteiger partial charge in [-0.2, -0.15) is 0 Å². The highest BCUT2D eigenvalue weighted by atomic mass is 16.1. The van der Waals surface area contributed by atoms with Crippen molar-refractivity contribution >= 4 is 11.6 Å². The summed E-state index contributed by atoms with van der Waals surface area (Å²) in [5.41, 5.74) is 1.72. The highest BCUT2D eigenvalue weighted by Gasteiger charge is 2.15. The van der Waals surface area contributed by atoms with Crippen LogP contribution in [-0.4, -0.2) is 58.2 Å². The first-order valence-electron chi connectivity index (χ1n) is 12.2. The zero-order chi connectivity index (χ0) is 22.2. The van der Waals surface area contributed by atoms with Gasteiger partial charge in [0, 0.05) is 32.7 Å². The molecule has 1 rings (SSSR count). The Balaban J connectivity index is 2.12. The van der Waals surface area contributed by atoms with E-state index in [9.17, 15) is 4.79 Å². The van der Waals surface area contributed by atoms with Crippen molar-refractivity contribution in [2.24, 2.45) is 0 Å². The monoisotopic (exact) mass is 418 g/mol. The lowest BCUT2D eigenvalue weighted by molar-refractivity contribution is -0.890.